The molecule has 56 heavy (non-hydrogen) atoms. The van der Waals surface area contributed by atoms with E-state index in [1.807, 2.05) is 21.1 Å². The van der Waals surface area contributed by atoms with Crippen molar-refractivity contribution in [3.8, 4) is 0 Å². The molecule has 7 nitrogen and oxygen atoms in total. The van der Waals surface area contributed by atoms with E-state index in [1.54, 1.807) is 0 Å². The highest BCUT2D eigenvalue weighted by molar-refractivity contribution is 5.70. The minimum Gasteiger partial charge on any atom is -0.459 e. The van der Waals surface area contributed by atoms with E-state index in [0.717, 1.165) is 77.0 Å². The molecule has 0 unspecified atom stereocenters. The number of rotatable bonds is 40. The number of carbonyl (C=O) groups is 3. The van der Waals surface area contributed by atoms with Gasteiger partial charge in [-0.15, -0.1) is 0 Å². The first-order valence-electron chi connectivity index (χ1n) is 23.3. The molecule has 326 valence electrons. The normalized spacial score (nSPS) is 12.3. The van der Waals surface area contributed by atoms with E-state index in [-0.39, 0.29) is 37.7 Å². The molecule has 0 aromatic carbocycles. The van der Waals surface area contributed by atoms with Crippen LogP contribution in [-0.4, -0.2) is 68.9 Å². The molecule has 0 bridgehead atoms. The highest BCUT2D eigenvalue weighted by Crippen LogP contribution is 2.24. The monoisotopic (exact) mass is 789 g/mol. The molecule has 0 aliphatic heterocycles. The fourth-order valence-electron chi connectivity index (χ4n) is 6.43. The predicted molar refractivity (Wildman–Crippen MR) is 237 cm³/mol. The van der Waals surface area contributed by atoms with Crippen molar-refractivity contribution in [1.29, 1.82) is 0 Å². The van der Waals surface area contributed by atoms with E-state index >= 15 is 0 Å². The lowest BCUT2D eigenvalue weighted by Crippen LogP contribution is -2.65. The molecule has 0 radical (unpaired) electrons. The Labute approximate surface area is 346 Å². The molecule has 0 spiro atoms. The second kappa shape index (κ2) is 38.1. The highest BCUT2D eigenvalue weighted by atomic mass is 16.6. The Morgan fingerprint density at radius 3 is 0.857 bits per heavy atom. The van der Waals surface area contributed by atoms with Gasteiger partial charge >= 0.3 is 17.9 Å². The van der Waals surface area contributed by atoms with Gasteiger partial charge in [-0.3, -0.25) is 14.4 Å². The number of likely N-dealkylation sites (N-methyl/N-ethyl adjacent to an activating group) is 1. The zero-order valence-electron chi connectivity index (χ0n) is 37.7. The van der Waals surface area contributed by atoms with Gasteiger partial charge in [0.15, 0.2) is 19.8 Å². The minimum absolute atomic E-state index is 0.0139. The Morgan fingerprint density at radius 1 is 0.375 bits per heavy atom. The van der Waals surface area contributed by atoms with Crippen LogP contribution in [0.25, 0.3) is 0 Å². The lowest BCUT2D eigenvalue weighted by Gasteiger charge is -2.44. The number of ether oxygens (including phenoxy) is 3. The number of esters is 3. The average molecular weight is 789 g/mol. The van der Waals surface area contributed by atoms with E-state index < -0.39 is 5.54 Å². The second-order valence-electron chi connectivity index (χ2n) is 17.0. The molecule has 0 aromatic rings. The standard InChI is InChI=1S/C49H90NO6/c1-7-10-13-16-19-22-25-28-31-34-37-40-46(51)54-43-49(50(4,5)6,44-55-47(52)41-38-35-32-29-26-23-20-17-14-11-8-2)45-56-48(53)42-39-36-33-30-27-24-21-18-15-12-9-3/h16-21H,7-15,22-45H2,1-6H3/q+1/b19-16-,20-17-,21-18-. The van der Waals surface area contributed by atoms with Crippen LogP contribution in [0.3, 0.4) is 0 Å². The molecule has 0 fully saturated rings. The Hall–Kier alpha value is -2.41. The van der Waals surface area contributed by atoms with Crippen molar-refractivity contribution >= 4 is 17.9 Å². The van der Waals surface area contributed by atoms with Gasteiger partial charge in [0.25, 0.3) is 0 Å². The van der Waals surface area contributed by atoms with Gasteiger partial charge in [0, 0.05) is 19.3 Å². The molecule has 0 saturated carbocycles. The van der Waals surface area contributed by atoms with Crippen molar-refractivity contribution in [2.75, 3.05) is 41.0 Å². The third kappa shape index (κ3) is 32.7. The summed E-state index contributed by atoms with van der Waals surface area (Å²) in [5.74, 6) is -0.772. The smallest absolute Gasteiger partial charge is 0.306 e. The Morgan fingerprint density at radius 2 is 0.607 bits per heavy atom. The first-order chi connectivity index (χ1) is 27.1. The second-order valence-corrected chi connectivity index (χ2v) is 17.0. The summed E-state index contributed by atoms with van der Waals surface area (Å²) in [7, 11) is 5.94. The number of quaternary nitrogens is 1. The molecule has 0 heterocycles. The fourth-order valence-corrected chi connectivity index (χ4v) is 6.43. The lowest BCUT2D eigenvalue weighted by atomic mass is 9.98. The van der Waals surface area contributed by atoms with E-state index in [2.05, 4.69) is 57.2 Å². The van der Waals surface area contributed by atoms with Gasteiger partial charge in [0.2, 0.25) is 5.54 Å². The lowest BCUT2D eigenvalue weighted by molar-refractivity contribution is -0.925. The summed E-state index contributed by atoms with van der Waals surface area (Å²) in [6.45, 7) is 6.70. The van der Waals surface area contributed by atoms with Crippen LogP contribution in [0.15, 0.2) is 36.5 Å². The Kier molecular flexibility index (Phi) is 36.5. The molecule has 7 heteroatoms. The molecule has 0 atom stereocenters. The molecule has 0 aromatic heterocycles. The maximum atomic E-state index is 12.9. The Balaban J connectivity index is 4.96. The van der Waals surface area contributed by atoms with Crippen LogP contribution in [0.1, 0.15) is 213 Å². The van der Waals surface area contributed by atoms with Crippen LogP contribution in [-0.2, 0) is 28.6 Å². The number of carbonyl (C=O) groups excluding carboxylic acids is 3. The summed E-state index contributed by atoms with van der Waals surface area (Å²) < 4.78 is 18.0. The van der Waals surface area contributed by atoms with Crippen molar-refractivity contribution in [3.63, 3.8) is 0 Å². The van der Waals surface area contributed by atoms with Gasteiger partial charge in [0.1, 0.15) is 0 Å². The average Bonchev–Trinajstić information content (AvgIpc) is 3.17. The third-order valence-corrected chi connectivity index (χ3v) is 10.9. The van der Waals surface area contributed by atoms with Crippen LogP contribution >= 0.6 is 0 Å². The van der Waals surface area contributed by atoms with Crippen molar-refractivity contribution in [2.45, 2.75) is 219 Å². The summed E-state index contributed by atoms with van der Waals surface area (Å²) in [5, 5.41) is 0. The van der Waals surface area contributed by atoms with E-state index in [4.69, 9.17) is 14.2 Å². The summed E-state index contributed by atoms with van der Waals surface area (Å²) in [6, 6.07) is 0. The third-order valence-electron chi connectivity index (χ3n) is 10.9. The van der Waals surface area contributed by atoms with Crippen LogP contribution in [0.4, 0.5) is 0 Å². The number of unbranched alkanes of at least 4 members (excludes halogenated alkanes) is 21. The van der Waals surface area contributed by atoms with Gasteiger partial charge in [-0.2, -0.15) is 0 Å². The van der Waals surface area contributed by atoms with Crippen LogP contribution in [0, 0.1) is 0 Å². The van der Waals surface area contributed by atoms with Crippen LogP contribution in [0.2, 0.25) is 0 Å². The Bertz CT molecular complexity index is 909. The fraction of sp³-hybridized carbons (Fsp3) is 0.816. The molecule has 0 N–H and O–H groups in total. The molecule has 0 rings (SSSR count). The van der Waals surface area contributed by atoms with Gasteiger partial charge < -0.3 is 18.7 Å². The van der Waals surface area contributed by atoms with Crippen molar-refractivity contribution in [1.82, 2.24) is 0 Å². The van der Waals surface area contributed by atoms with Gasteiger partial charge in [-0.1, -0.05) is 154 Å². The van der Waals surface area contributed by atoms with Gasteiger partial charge in [-0.25, -0.2) is 0 Å². The number of hydrogen-bond acceptors (Lipinski definition) is 6. The summed E-state index contributed by atoms with van der Waals surface area (Å²) in [5.41, 5.74) is -0.916. The maximum absolute atomic E-state index is 12.9. The maximum Gasteiger partial charge on any atom is 0.306 e. The molecule has 0 saturated heterocycles. The number of allylic oxidation sites excluding steroid dienone is 6. The zero-order chi connectivity index (χ0) is 41.4. The number of nitrogens with zero attached hydrogens (tertiary/aromatic N) is 1. The van der Waals surface area contributed by atoms with Gasteiger partial charge in [-0.05, 0) is 77.0 Å². The molecule has 0 amide bonds. The molecule has 0 aliphatic rings. The van der Waals surface area contributed by atoms with Crippen molar-refractivity contribution in [2.24, 2.45) is 0 Å². The van der Waals surface area contributed by atoms with E-state index in [1.165, 1.54) is 96.3 Å². The first-order valence-corrected chi connectivity index (χ1v) is 23.3. The van der Waals surface area contributed by atoms with E-state index in [0.29, 0.717) is 23.7 Å². The zero-order valence-corrected chi connectivity index (χ0v) is 37.7. The first kappa shape index (κ1) is 53.6. The summed E-state index contributed by atoms with van der Waals surface area (Å²) in [4.78, 5) is 38.8. The number of hydrogen-bond donors (Lipinski definition) is 0. The highest BCUT2D eigenvalue weighted by Gasteiger charge is 2.47. The minimum atomic E-state index is -0.916. The molecular weight excluding hydrogens is 699 g/mol. The van der Waals surface area contributed by atoms with Crippen molar-refractivity contribution < 1.29 is 33.1 Å². The molecule has 0 aliphatic carbocycles. The van der Waals surface area contributed by atoms with Crippen LogP contribution in [0.5, 0.6) is 0 Å². The molecular formula is C49H90NO6+. The quantitative estimate of drug-likeness (QED) is 0.0202. The predicted octanol–water partition coefficient (Wildman–Crippen LogP) is 13.5. The van der Waals surface area contributed by atoms with Crippen LogP contribution < -0.4 is 0 Å². The van der Waals surface area contributed by atoms with E-state index in [9.17, 15) is 14.4 Å². The SMILES string of the molecule is CCCC/C=C\CCCCCCCC(=O)OCC(COC(=O)CCCCCCC/C=C\CCCC)(COC(=O)CCCCCCC/C=C\CCCC)[N+](C)(C)C. The largest absolute Gasteiger partial charge is 0.459 e. The summed E-state index contributed by atoms with van der Waals surface area (Å²) >= 11 is 0. The van der Waals surface area contributed by atoms with Gasteiger partial charge in [0.05, 0.1) is 21.1 Å². The van der Waals surface area contributed by atoms with Crippen molar-refractivity contribution in [3.05, 3.63) is 36.5 Å². The summed E-state index contributed by atoms with van der Waals surface area (Å²) in [6.07, 6.45) is 45.0. The topological polar surface area (TPSA) is 78.9 Å².